The molecule has 1 aliphatic rings. The molecular formula is C20H16N2. The molecule has 0 amide bonds. The fourth-order valence-electron chi connectivity index (χ4n) is 2.82. The first-order valence-electron chi connectivity index (χ1n) is 7.40. The van der Waals surface area contributed by atoms with Crippen LogP contribution in [0.3, 0.4) is 0 Å². The van der Waals surface area contributed by atoms with E-state index in [1.54, 1.807) is 0 Å². The normalized spacial score (nSPS) is 13.1. The van der Waals surface area contributed by atoms with Gasteiger partial charge >= 0.3 is 0 Å². The van der Waals surface area contributed by atoms with Crippen LogP contribution in [-0.2, 0) is 0 Å². The first-order valence-corrected chi connectivity index (χ1v) is 7.40. The van der Waals surface area contributed by atoms with E-state index < -0.39 is 0 Å². The number of hydrogen-bond acceptors (Lipinski definition) is 2. The average Bonchev–Trinajstić information content (AvgIpc) is 2.62. The summed E-state index contributed by atoms with van der Waals surface area (Å²) in [5.41, 5.74) is 9.36. The van der Waals surface area contributed by atoms with Crippen LogP contribution in [0, 0.1) is 0 Å². The van der Waals surface area contributed by atoms with E-state index in [0.29, 0.717) is 0 Å². The molecule has 106 valence electrons. The minimum atomic E-state index is 1.12. The Morgan fingerprint density at radius 1 is 0.636 bits per heavy atom. The van der Waals surface area contributed by atoms with E-state index in [0.717, 1.165) is 11.4 Å². The van der Waals surface area contributed by atoms with Crippen LogP contribution >= 0.6 is 0 Å². The van der Waals surface area contributed by atoms with Gasteiger partial charge in [-0.05, 0) is 23.8 Å². The van der Waals surface area contributed by atoms with Gasteiger partial charge in [0.2, 0.25) is 0 Å². The van der Waals surface area contributed by atoms with Crippen molar-refractivity contribution in [1.82, 2.24) is 5.43 Å². The molecule has 0 aliphatic carbocycles. The molecule has 2 nitrogen and oxygen atoms in total. The maximum absolute atomic E-state index is 3.41. The Morgan fingerprint density at radius 2 is 1.27 bits per heavy atom. The highest BCUT2D eigenvalue weighted by molar-refractivity contribution is 5.89. The van der Waals surface area contributed by atoms with Gasteiger partial charge in [0.05, 0.1) is 11.4 Å². The minimum absolute atomic E-state index is 1.12. The van der Waals surface area contributed by atoms with Crippen molar-refractivity contribution in [2.45, 2.75) is 0 Å². The fourth-order valence-corrected chi connectivity index (χ4v) is 2.82. The van der Waals surface area contributed by atoms with Crippen LogP contribution in [0.2, 0.25) is 0 Å². The molecule has 0 aromatic heterocycles. The summed E-state index contributed by atoms with van der Waals surface area (Å²) in [7, 11) is 0. The summed E-state index contributed by atoms with van der Waals surface area (Å²) in [4.78, 5) is 0. The lowest BCUT2D eigenvalue weighted by Gasteiger charge is -2.32. The molecule has 22 heavy (non-hydrogen) atoms. The van der Waals surface area contributed by atoms with Crippen LogP contribution in [0.1, 0.15) is 11.1 Å². The number of nitrogens with zero attached hydrogens (tertiary/aromatic N) is 1. The van der Waals surface area contributed by atoms with Gasteiger partial charge in [0.25, 0.3) is 0 Å². The molecule has 0 atom stereocenters. The van der Waals surface area contributed by atoms with Crippen LogP contribution in [0.5, 0.6) is 0 Å². The van der Waals surface area contributed by atoms with Crippen molar-refractivity contribution >= 4 is 16.9 Å². The second-order valence-corrected chi connectivity index (χ2v) is 5.24. The lowest BCUT2D eigenvalue weighted by atomic mass is 9.96. The fraction of sp³-hybridized carbons (Fsp3) is 0. The third-order valence-corrected chi connectivity index (χ3v) is 3.87. The van der Waals surface area contributed by atoms with Gasteiger partial charge in [-0.3, -0.25) is 5.01 Å². The Morgan fingerprint density at radius 3 is 2.05 bits per heavy atom. The van der Waals surface area contributed by atoms with Crippen LogP contribution < -0.4 is 10.4 Å². The quantitative estimate of drug-likeness (QED) is 0.731. The molecule has 3 aromatic rings. The zero-order valence-corrected chi connectivity index (χ0v) is 12.1. The number of anilines is 2. The molecule has 1 aliphatic heterocycles. The van der Waals surface area contributed by atoms with Gasteiger partial charge in [-0.2, -0.15) is 0 Å². The molecule has 0 saturated carbocycles. The Hall–Kier alpha value is -3.00. The molecule has 0 spiro atoms. The van der Waals surface area contributed by atoms with Gasteiger partial charge in [0, 0.05) is 17.3 Å². The lowest BCUT2D eigenvalue weighted by molar-refractivity contribution is 0.874. The standard InChI is InChI=1S/C20H16N2/c1-3-9-16(10-4-1)19-15-21-22(17-11-5-2-6-12-17)20-14-8-7-13-18(19)20/h1-15,21H. The SMILES string of the molecule is C1=C(c2ccccc2)c2ccccc2N(c2ccccc2)N1. The predicted octanol–water partition coefficient (Wildman–Crippen LogP) is 4.73. The minimum Gasteiger partial charge on any atom is -0.300 e. The van der Waals surface area contributed by atoms with Gasteiger partial charge in [-0.25, -0.2) is 0 Å². The zero-order valence-electron chi connectivity index (χ0n) is 12.1. The Labute approximate surface area is 130 Å². The van der Waals surface area contributed by atoms with Gasteiger partial charge in [0.15, 0.2) is 0 Å². The highest BCUT2D eigenvalue weighted by atomic mass is 15.5. The summed E-state index contributed by atoms with van der Waals surface area (Å²) in [6, 6.07) is 29.3. The summed E-state index contributed by atoms with van der Waals surface area (Å²) in [6.45, 7) is 0. The van der Waals surface area contributed by atoms with Crippen LogP contribution in [0.4, 0.5) is 11.4 Å². The summed E-state index contributed by atoms with van der Waals surface area (Å²) >= 11 is 0. The maximum Gasteiger partial charge on any atom is 0.0709 e. The van der Waals surface area contributed by atoms with Gasteiger partial charge in [-0.1, -0.05) is 66.7 Å². The van der Waals surface area contributed by atoms with Crippen molar-refractivity contribution in [3.05, 3.63) is 102 Å². The summed E-state index contributed by atoms with van der Waals surface area (Å²) in [5.74, 6) is 0. The van der Waals surface area contributed by atoms with E-state index in [-0.39, 0.29) is 0 Å². The Kier molecular flexibility index (Phi) is 3.13. The lowest BCUT2D eigenvalue weighted by Crippen LogP contribution is -2.33. The molecule has 0 saturated heterocycles. The molecule has 4 rings (SSSR count). The molecule has 2 heteroatoms. The van der Waals surface area contributed by atoms with Crippen molar-refractivity contribution in [2.75, 3.05) is 5.01 Å². The third kappa shape index (κ3) is 2.15. The summed E-state index contributed by atoms with van der Waals surface area (Å²) in [5, 5.41) is 2.11. The molecule has 1 N–H and O–H groups in total. The van der Waals surface area contributed by atoms with Crippen molar-refractivity contribution in [1.29, 1.82) is 0 Å². The third-order valence-electron chi connectivity index (χ3n) is 3.87. The summed E-state index contributed by atoms with van der Waals surface area (Å²) in [6.07, 6.45) is 2.07. The first kappa shape index (κ1) is 12.7. The number of hydrogen-bond donors (Lipinski definition) is 1. The van der Waals surface area contributed by atoms with E-state index in [1.165, 1.54) is 16.7 Å². The van der Waals surface area contributed by atoms with Gasteiger partial charge in [0.1, 0.15) is 0 Å². The molecule has 0 unspecified atom stereocenters. The number of rotatable bonds is 2. The van der Waals surface area contributed by atoms with Gasteiger partial charge in [-0.15, -0.1) is 0 Å². The Balaban J connectivity index is 1.83. The summed E-state index contributed by atoms with van der Waals surface area (Å²) < 4.78 is 0. The number of para-hydroxylation sites is 2. The first-order chi connectivity index (χ1) is 10.9. The van der Waals surface area contributed by atoms with Crippen molar-refractivity contribution in [3.8, 4) is 0 Å². The Bertz CT molecular complexity index is 807. The zero-order chi connectivity index (χ0) is 14.8. The highest BCUT2D eigenvalue weighted by Crippen LogP contribution is 2.36. The van der Waals surface area contributed by atoms with Gasteiger partial charge < -0.3 is 5.43 Å². The van der Waals surface area contributed by atoms with Crippen molar-refractivity contribution < 1.29 is 0 Å². The largest absolute Gasteiger partial charge is 0.300 e. The van der Waals surface area contributed by atoms with E-state index in [4.69, 9.17) is 0 Å². The smallest absolute Gasteiger partial charge is 0.0709 e. The van der Waals surface area contributed by atoms with E-state index in [2.05, 4.69) is 89.4 Å². The number of benzene rings is 3. The van der Waals surface area contributed by atoms with Crippen molar-refractivity contribution in [2.24, 2.45) is 0 Å². The molecular weight excluding hydrogens is 268 g/mol. The highest BCUT2D eigenvalue weighted by Gasteiger charge is 2.20. The van der Waals surface area contributed by atoms with E-state index >= 15 is 0 Å². The van der Waals surface area contributed by atoms with E-state index in [9.17, 15) is 0 Å². The van der Waals surface area contributed by atoms with Crippen molar-refractivity contribution in [3.63, 3.8) is 0 Å². The monoisotopic (exact) mass is 284 g/mol. The van der Waals surface area contributed by atoms with Crippen LogP contribution in [0.15, 0.2) is 91.1 Å². The molecule has 0 bridgehead atoms. The molecule has 0 fully saturated rings. The second kappa shape index (κ2) is 5.41. The number of hydrazine groups is 1. The van der Waals surface area contributed by atoms with Crippen LogP contribution in [-0.4, -0.2) is 0 Å². The second-order valence-electron chi connectivity index (χ2n) is 5.24. The topological polar surface area (TPSA) is 15.3 Å². The average molecular weight is 284 g/mol. The van der Waals surface area contributed by atoms with Crippen LogP contribution in [0.25, 0.3) is 5.57 Å². The molecule has 0 radical (unpaired) electrons. The molecule has 3 aromatic carbocycles. The number of nitrogens with one attached hydrogen (secondary N) is 1. The van der Waals surface area contributed by atoms with E-state index in [1.807, 2.05) is 12.1 Å². The maximum atomic E-state index is 3.41. The molecule has 1 heterocycles. The number of fused-ring (bicyclic) bond motifs is 1. The predicted molar refractivity (Wildman–Crippen MR) is 91.7 cm³/mol.